The monoisotopic (exact) mass is 345 g/mol. The summed E-state index contributed by atoms with van der Waals surface area (Å²) in [4.78, 5) is 4.46. The van der Waals surface area contributed by atoms with Crippen molar-refractivity contribution in [3.8, 4) is 5.75 Å². The molecule has 0 atom stereocenters. The van der Waals surface area contributed by atoms with Gasteiger partial charge in [0.15, 0.2) is 0 Å². The molecule has 0 saturated carbocycles. The number of hydrogen-bond acceptors (Lipinski definition) is 4. The number of aromatic nitrogens is 1. The van der Waals surface area contributed by atoms with Crippen LogP contribution in [0.1, 0.15) is 16.8 Å². The Labute approximate surface area is 151 Å². The van der Waals surface area contributed by atoms with Gasteiger partial charge in [-0.25, -0.2) is 0 Å². The van der Waals surface area contributed by atoms with E-state index in [-0.39, 0.29) is 13.2 Å². The Kier molecular flexibility index (Phi) is 4.52. The van der Waals surface area contributed by atoms with E-state index >= 15 is 0 Å². The SMILES string of the molecule is OCc1cc2ccnc(COc3cccc4ccccc34)c2cc1CO. The van der Waals surface area contributed by atoms with Crippen molar-refractivity contribution in [1.29, 1.82) is 0 Å². The summed E-state index contributed by atoms with van der Waals surface area (Å²) in [5, 5.41) is 23.1. The first-order valence-corrected chi connectivity index (χ1v) is 8.52. The van der Waals surface area contributed by atoms with E-state index in [1.165, 1.54) is 0 Å². The molecular weight excluding hydrogens is 326 g/mol. The third-order valence-corrected chi connectivity index (χ3v) is 4.62. The largest absolute Gasteiger partial charge is 0.487 e. The van der Waals surface area contributed by atoms with Gasteiger partial charge in [0.2, 0.25) is 0 Å². The lowest BCUT2D eigenvalue weighted by molar-refractivity contribution is 0.260. The van der Waals surface area contributed by atoms with Gasteiger partial charge in [-0.05, 0) is 46.2 Å². The molecule has 0 unspecified atom stereocenters. The number of aliphatic hydroxyl groups is 2. The molecular formula is C22H19NO3. The van der Waals surface area contributed by atoms with E-state index < -0.39 is 0 Å². The van der Waals surface area contributed by atoms with Crippen molar-refractivity contribution < 1.29 is 14.9 Å². The van der Waals surface area contributed by atoms with Gasteiger partial charge in [-0.15, -0.1) is 0 Å². The maximum absolute atomic E-state index is 9.56. The summed E-state index contributed by atoms with van der Waals surface area (Å²) in [7, 11) is 0. The molecule has 0 aliphatic rings. The van der Waals surface area contributed by atoms with Crippen LogP contribution in [0.2, 0.25) is 0 Å². The Morgan fingerprint density at radius 1 is 0.769 bits per heavy atom. The van der Waals surface area contributed by atoms with Crippen molar-refractivity contribution in [2.24, 2.45) is 0 Å². The Balaban J connectivity index is 1.71. The number of pyridine rings is 1. The van der Waals surface area contributed by atoms with E-state index in [2.05, 4.69) is 17.1 Å². The molecule has 26 heavy (non-hydrogen) atoms. The van der Waals surface area contributed by atoms with Crippen LogP contribution in [0.25, 0.3) is 21.5 Å². The number of aliphatic hydroxyl groups excluding tert-OH is 2. The molecule has 4 rings (SSSR count). The molecule has 3 aromatic carbocycles. The molecule has 4 aromatic rings. The summed E-state index contributed by atoms with van der Waals surface area (Å²) in [5.41, 5.74) is 2.24. The number of ether oxygens (including phenoxy) is 1. The van der Waals surface area contributed by atoms with Crippen LogP contribution in [0.15, 0.2) is 66.9 Å². The summed E-state index contributed by atoms with van der Waals surface area (Å²) in [6, 6.07) is 19.8. The Morgan fingerprint density at radius 2 is 1.54 bits per heavy atom. The van der Waals surface area contributed by atoms with Gasteiger partial charge in [-0.3, -0.25) is 4.98 Å². The van der Waals surface area contributed by atoms with Crippen molar-refractivity contribution in [2.45, 2.75) is 19.8 Å². The third-order valence-electron chi connectivity index (χ3n) is 4.62. The lowest BCUT2D eigenvalue weighted by atomic mass is 10.0. The van der Waals surface area contributed by atoms with Crippen LogP contribution in [-0.2, 0) is 19.8 Å². The van der Waals surface area contributed by atoms with E-state index in [0.717, 1.165) is 38.6 Å². The fourth-order valence-electron chi connectivity index (χ4n) is 3.25. The average molecular weight is 345 g/mol. The number of benzene rings is 3. The van der Waals surface area contributed by atoms with Gasteiger partial charge >= 0.3 is 0 Å². The van der Waals surface area contributed by atoms with Crippen LogP contribution >= 0.6 is 0 Å². The van der Waals surface area contributed by atoms with Crippen LogP contribution < -0.4 is 4.74 Å². The highest BCUT2D eigenvalue weighted by Gasteiger charge is 2.09. The van der Waals surface area contributed by atoms with Gasteiger partial charge in [0.05, 0.1) is 18.9 Å². The van der Waals surface area contributed by atoms with Crippen molar-refractivity contribution in [2.75, 3.05) is 0 Å². The summed E-state index contributed by atoms with van der Waals surface area (Å²) in [6.07, 6.45) is 1.74. The number of hydrogen-bond donors (Lipinski definition) is 2. The molecule has 0 radical (unpaired) electrons. The van der Waals surface area contributed by atoms with Crippen LogP contribution in [0.3, 0.4) is 0 Å². The van der Waals surface area contributed by atoms with Gasteiger partial charge in [-0.2, -0.15) is 0 Å². The van der Waals surface area contributed by atoms with Crippen molar-refractivity contribution >= 4 is 21.5 Å². The fourth-order valence-corrected chi connectivity index (χ4v) is 3.25. The number of fused-ring (bicyclic) bond motifs is 2. The predicted molar refractivity (Wildman–Crippen MR) is 102 cm³/mol. The molecule has 4 heteroatoms. The zero-order valence-corrected chi connectivity index (χ0v) is 14.2. The molecule has 1 aromatic heterocycles. The summed E-state index contributed by atoms with van der Waals surface area (Å²) in [5.74, 6) is 0.816. The normalized spacial score (nSPS) is 11.2. The van der Waals surface area contributed by atoms with Gasteiger partial charge in [0, 0.05) is 17.0 Å². The predicted octanol–water partition coefficient (Wildman–Crippen LogP) is 3.95. The molecule has 0 amide bonds. The smallest absolute Gasteiger partial charge is 0.131 e. The van der Waals surface area contributed by atoms with Crippen molar-refractivity contribution in [3.05, 3.63) is 83.7 Å². The number of nitrogens with zero attached hydrogens (tertiary/aromatic N) is 1. The molecule has 0 bridgehead atoms. The van der Waals surface area contributed by atoms with Crippen molar-refractivity contribution in [1.82, 2.24) is 4.98 Å². The van der Waals surface area contributed by atoms with Crippen LogP contribution in [0.4, 0.5) is 0 Å². The second-order valence-electron chi connectivity index (χ2n) is 6.18. The molecule has 4 nitrogen and oxygen atoms in total. The zero-order chi connectivity index (χ0) is 17.9. The molecule has 0 fully saturated rings. The van der Waals surface area contributed by atoms with Gasteiger partial charge in [0.1, 0.15) is 12.4 Å². The maximum atomic E-state index is 9.56. The standard InChI is InChI=1S/C22H19NO3/c24-12-17-10-16-8-9-23-21(20(16)11-18(17)13-25)14-26-22-7-3-5-15-4-1-2-6-19(15)22/h1-11,24-25H,12-14H2. The van der Waals surface area contributed by atoms with Gasteiger partial charge in [-0.1, -0.05) is 36.4 Å². The molecule has 1 heterocycles. The van der Waals surface area contributed by atoms with Crippen LogP contribution in [-0.4, -0.2) is 15.2 Å². The first-order valence-electron chi connectivity index (χ1n) is 8.52. The topological polar surface area (TPSA) is 62.6 Å². The highest BCUT2D eigenvalue weighted by molar-refractivity contribution is 5.88. The first kappa shape index (κ1) is 16.5. The minimum Gasteiger partial charge on any atom is -0.487 e. The molecule has 130 valence electrons. The fraction of sp³-hybridized carbons (Fsp3) is 0.136. The summed E-state index contributed by atoms with van der Waals surface area (Å²) < 4.78 is 6.07. The lowest BCUT2D eigenvalue weighted by Crippen LogP contribution is -2.01. The molecule has 0 spiro atoms. The summed E-state index contributed by atoms with van der Waals surface area (Å²) >= 11 is 0. The van der Waals surface area contributed by atoms with Crippen LogP contribution in [0, 0.1) is 0 Å². The van der Waals surface area contributed by atoms with Crippen molar-refractivity contribution in [3.63, 3.8) is 0 Å². The highest BCUT2D eigenvalue weighted by atomic mass is 16.5. The minimum absolute atomic E-state index is 0.101. The zero-order valence-electron chi connectivity index (χ0n) is 14.2. The van der Waals surface area contributed by atoms with E-state index in [1.54, 1.807) is 6.20 Å². The molecule has 0 saturated heterocycles. The molecule has 0 aliphatic heterocycles. The van der Waals surface area contributed by atoms with E-state index in [0.29, 0.717) is 12.2 Å². The average Bonchev–Trinajstić information content (AvgIpc) is 2.71. The maximum Gasteiger partial charge on any atom is 0.131 e. The quantitative estimate of drug-likeness (QED) is 0.575. The van der Waals surface area contributed by atoms with E-state index in [1.807, 2.05) is 48.5 Å². The van der Waals surface area contributed by atoms with Crippen LogP contribution in [0.5, 0.6) is 5.75 Å². The number of rotatable bonds is 5. The Morgan fingerprint density at radius 3 is 2.38 bits per heavy atom. The summed E-state index contributed by atoms with van der Waals surface area (Å²) in [6.45, 7) is 0.106. The Bertz CT molecular complexity index is 1070. The van der Waals surface area contributed by atoms with E-state index in [4.69, 9.17) is 4.74 Å². The minimum atomic E-state index is -0.121. The first-order chi connectivity index (χ1) is 12.8. The van der Waals surface area contributed by atoms with Gasteiger partial charge in [0.25, 0.3) is 0 Å². The Hall–Kier alpha value is -2.95. The lowest BCUT2D eigenvalue weighted by Gasteiger charge is -2.12. The second kappa shape index (κ2) is 7.12. The van der Waals surface area contributed by atoms with Gasteiger partial charge < -0.3 is 14.9 Å². The second-order valence-corrected chi connectivity index (χ2v) is 6.18. The molecule has 2 N–H and O–H groups in total. The molecule has 0 aliphatic carbocycles. The highest BCUT2D eigenvalue weighted by Crippen LogP contribution is 2.27. The van der Waals surface area contributed by atoms with E-state index in [9.17, 15) is 10.2 Å². The third kappa shape index (κ3) is 3.01.